The van der Waals surface area contributed by atoms with Crippen molar-refractivity contribution in [3.8, 4) is 5.75 Å². The highest BCUT2D eigenvalue weighted by atomic mass is 19.4. The van der Waals surface area contributed by atoms with Crippen molar-refractivity contribution in [2.45, 2.75) is 56.3 Å². The lowest BCUT2D eigenvalue weighted by atomic mass is 9.54. The number of nitrogens with one attached hydrogen (secondary N) is 1. The highest BCUT2D eigenvalue weighted by Gasteiger charge is 2.67. The molecular weight excluding hydrogens is 549 g/mol. The van der Waals surface area contributed by atoms with Crippen LogP contribution in [0.5, 0.6) is 5.75 Å². The Labute approximate surface area is 234 Å². The number of phenolic OH excluding ortho intramolecular Hbond substituents is 1. The number of primary amides is 1. The fourth-order valence-corrected chi connectivity index (χ4v) is 6.62. The van der Waals surface area contributed by atoms with E-state index in [1.807, 2.05) is 0 Å². The summed E-state index contributed by atoms with van der Waals surface area (Å²) < 4.78 is 39.3. The SMILES string of the molecule is CC(NCc1cc(N(C)C)c2c(c1O)C(O)=C1C(=O)[C@]3(O)C(=O)C(C(N)=O)C(O)C(N(C)C)[C@@H]3C[C@@H]1C2)C(F)(F)F. The zero-order chi connectivity index (χ0) is 30.9. The van der Waals surface area contributed by atoms with Gasteiger partial charge in [-0.05, 0) is 51.4 Å². The Kier molecular flexibility index (Phi) is 7.70. The lowest BCUT2D eigenvalue weighted by Crippen LogP contribution is -2.73. The van der Waals surface area contributed by atoms with Crippen LogP contribution in [0, 0.1) is 17.8 Å². The Balaban J connectivity index is 1.88. The minimum atomic E-state index is -4.54. The summed E-state index contributed by atoms with van der Waals surface area (Å²) in [5.74, 6) is -8.72. The molecule has 0 bridgehead atoms. The first-order chi connectivity index (χ1) is 18.8. The van der Waals surface area contributed by atoms with E-state index in [1.54, 1.807) is 33.1 Å². The maximum Gasteiger partial charge on any atom is 0.403 e. The second-order valence-corrected chi connectivity index (χ2v) is 11.6. The van der Waals surface area contributed by atoms with Crippen molar-refractivity contribution >= 4 is 28.9 Å². The monoisotopic (exact) mass is 584 g/mol. The zero-order valence-corrected chi connectivity index (χ0v) is 23.3. The van der Waals surface area contributed by atoms with E-state index in [1.165, 1.54) is 11.0 Å². The molecule has 1 aromatic carbocycles. The number of rotatable bonds is 6. The number of aromatic hydroxyl groups is 1. The second kappa shape index (κ2) is 10.3. The van der Waals surface area contributed by atoms with Crippen LogP contribution < -0.4 is 16.0 Å². The van der Waals surface area contributed by atoms with E-state index in [4.69, 9.17) is 5.73 Å². The van der Waals surface area contributed by atoms with Crippen LogP contribution >= 0.6 is 0 Å². The van der Waals surface area contributed by atoms with Gasteiger partial charge in [-0.25, -0.2) is 0 Å². The molecule has 3 aliphatic carbocycles. The van der Waals surface area contributed by atoms with Gasteiger partial charge in [0.1, 0.15) is 23.5 Å². The summed E-state index contributed by atoms with van der Waals surface area (Å²) in [5.41, 5.74) is 2.98. The first-order valence-corrected chi connectivity index (χ1v) is 13.1. The van der Waals surface area contributed by atoms with E-state index in [-0.39, 0.29) is 29.5 Å². The number of anilines is 1. The number of ketones is 2. The average Bonchev–Trinajstić information content (AvgIpc) is 2.84. The minimum Gasteiger partial charge on any atom is -0.507 e. The normalized spacial score (nSPS) is 30.6. The van der Waals surface area contributed by atoms with E-state index < -0.39 is 83.2 Å². The molecule has 0 spiro atoms. The van der Waals surface area contributed by atoms with Crippen LogP contribution in [-0.2, 0) is 27.3 Å². The Morgan fingerprint density at radius 2 is 1.83 bits per heavy atom. The molecule has 2 saturated carbocycles. The number of phenols is 1. The van der Waals surface area contributed by atoms with Crippen molar-refractivity contribution in [3.63, 3.8) is 0 Å². The molecule has 0 aliphatic heterocycles. The Morgan fingerprint density at radius 3 is 2.34 bits per heavy atom. The summed E-state index contributed by atoms with van der Waals surface area (Å²) in [6.07, 6.45) is -6.11. The van der Waals surface area contributed by atoms with Crippen molar-refractivity contribution in [2.24, 2.45) is 23.5 Å². The van der Waals surface area contributed by atoms with Gasteiger partial charge in [0, 0.05) is 49.4 Å². The number of Topliss-reactive ketones (excluding diaryl/α,β-unsaturated/α-hetero) is 2. The van der Waals surface area contributed by atoms with Crippen LogP contribution in [-0.4, -0.2) is 101 Å². The van der Waals surface area contributed by atoms with Crippen molar-refractivity contribution in [3.05, 3.63) is 28.3 Å². The number of hydrogen-bond donors (Lipinski definition) is 6. The highest BCUT2D eigenvalue weighted by Crippen LogP contribution is 2.53. The topological polar surface area (TPSA) is 177 Å². The summed E-state index contributed by atoms with van der Waals surface area (Å²) in [7, 11) is 6.46. The van der Waals surface area contributed by atoms with Gasteiger partial charge in [-0.15, -0.1) is 0 Å². The number of fused-ring (bicyclic) bond motifs is 3. The van der Waals surface area contributed by atoms with Gasteiger partial charge in [0.2, 0.25) is 11.7 Å². The quantitative estimate of drug-likeness (QED) is 0.254. The molecule has 41 heavy (non-hydrogen) atoms. The lowest BCUT2D eigenvalue weighted by molar-refractivity contribution is -0.184. The van der Waals surface area contributed by atoms with Gasteiger partial charge in [-0.1, -0.05) is 0 Å². The van der Waals surface area contributed by atoms with Crippen molar-refractivity contribution in [1.82, 2.24) is 10.2 Å². The van der Waals surface area contributed by atoms with Crippen LogP contribution in [0.2, 0.25) is 0 Å². The summed E-state index contributed by atoms with van der Waals surface area (Å²) in [6.45, 7) is 0.496. The molecule has 1 amide bonds. The Bertz CT molecular complexity index is 1330. The molecule has 0 aromatic heterocycles. The van der Waals surface area contributed by atoms with Gasteiger partial charge in [-0.3, -0.25) is 14.4 Å². The van der Waals surface area contributed by atoms with Crippen LogP contribution in [0.15, 0.2) is 11.6 Å². The fraction of sp³-hybridized carbons (Fsp3) is 0.593. The predicted octanol–water partition coefficient (Wildman–Crippen LogP) is 0.235. The number of nitrogens with two attached hydrogens (primary N) is 1. The van der Waals surface area contributed by atoms with Gasteiger partial charge < -0.3 is 41.3 Å². The van der Waals surface area contributed by atoms with Crippen LogP contribution in [0.25, 0.3) is 5.76 Å². The van der Waals surface area contributed by atoms with Gasteiger partial charge in [-0.2, -0.15) is 13.2 Å². The maximum absolute atomic E-state index is 14.0. The molecule has 2 fully saturated rings. The molecule has 11 nitrogen and oxygen atoms in total. The third-order valence-corrected chi connectivity index (χ3v) is 8.72. The molecule has 1 aromatic rings. The minimum absolute atomic E-state index is 0.0207. The number of carbonyl (C=O) groups excluding carboxylic acids is 3. The standard InChI is InChI=1S/C27H35F3N4O7/c1-10(27(28,29)30)32-9-12-8-15(33(2)3)13-6-11-7-14-19(34(4)5)22(37)18(25(31)40)24(39)26(14,41)23(38)16(11)21(36)17(13)20(12)35/h8,10-11,14,18-19,22,32,35-37,41H,6-7,9H2,1-5H3,(H2,31,40)/t10?,11-,14-,18?,19?,22?,26-/m0/s1. The highest BCUT2D eigenvalue weighted by molar-refractivity contribution is 6.25. The maximum atomic E-state index is 14.0. The molecule has 0 heterocycles. The van der Waals surface area contributed by atoms with E-state index in [0.717, 1.165) is 6.92 Å². The van der Waals surface area contributed by atoms with Crippen molar-refractivity contribution in [2.75, 3.05) is 33.1 Å². The molecule has 0 radical (unpaired) electrons. The first kappa shape index (κ1) is 30.8. The summed E-state index contributed by atoms with van der Waals surface area (Å²) in [5, 5.41) is 47.5. The van der Waals surface area contributed by atoms with Gasteiger partial charge >= 0.3 is 6.18 Å². The van der Waals surface area contributed by atoms with Gasteiger partial charge in [0.15, 0.2) is 11.4 Å². The number of benzene rings is 1. The van der Waals surface area contributed by atoms with E-state index in [9.17, 15) is 48.0 Å². The number of aliphatic hydroxyl groups excluding tert-OH is 2. The molecule has 4 rings (SSSR count). The number of alkyl halides is 3. The predicted molar refractivity (Wildman–Crippen MR) is 141 cm³/mol. The third-order valence-electron chi connectivity index (χ3n) is 8.72. The first-order valence-electron chi connectivity index (χ1n) is 13.1. The number of likely N-dealkylation sites (N-methyl/N-ethyl adjacent to an activating group) is 1. The fourth-order valence-electron chi connectivity index (χ4n) is 6.62. The van der Waals surface area contributed by atoms with Crippen molar-refractivity contribution < 1.29 is 48.0 Å². The molecule has 226 valence electrons. The number of halogens is 3. The second-order valence-electron chi connectivity index (χ2n) is 11.6. The summed E-state index contributed by atoms with van der Waals surface area (Å²) in [6, 6.07) is -1.42. The molecule has 7 N–H and O–H groups in total. The molecule has 7 atom stereocenters. The molecule has 14 heteroatoms. The van der Waals surface area contributed by atoms with Crippen LogP contribution in [0.1, 0.15) is 30.0 Å². The van der Waals surface area contributed by atoms with E-state index in [2.05, 4.69) is 5.32 Å². The van der Waals surface area contributed by atoms with E-state index >= 15 is 0 Å². The number of hydrogen-bond acceptors (Lipinski definition) is 10. The summed E-state index contributed by atoms with van der Waals surface area (Å²) >= 11 is 0. The van der Waals surface area contributed by atoms with Gasteiger partial charge in [0.05, 0.1) is 11.7 Å². The third kappa shape index (κ3) is 4.66. The lowest BCUT2D eigenvalue weighted by Gasteiger charge is -2.53. The Hall–Kier alpha value is -3.20. The van der Waals surface area contributed by atoms with Gasteiger partial charge in [0.25, 0.3) is 0 Å². The van der Waals surface area contributed by atoms with Crippen LogP contribution in [0.3, 0.4) is 0 Å². The summed E-state index contributed by atoms with van der Waals surface area (Å²) in [4.78, 5) is 42.7. The average molecular weight is 585 g/mol. The number of amides is 1. The molecule has 4 unspecified atom stereocenters. The smallest absolute Gasteiger partial charge is 0.403 e. The number of carbonyl (C=O) groups is 3. The largest absolute Gasteiger partial charge is 0.507 e. The number of aliphatic hydroxyl groups is 3. The molecule has 0 saturated heterocycles. The Morgan fingerprint density at radius 1 is 1.22 bits per heavy atom. The van der Waals surface area contributed by atoms with Crippen LogP contribution in [0.4, 0.5) is 18.9 Å². The number of nitrogens with zero attached hydrogens (tertiary/aromatic N) is 2. The molecular formula is C27H35F3N4O7. The van der Waals surface area contributed by atoms with E-state index in [0.29, 0.717) is 11.3 Å². The van der Waals surface area contributed by atoms with Crippen molar-refractivity contribution in [1.29, 1.82) is 0 Å². The molecule has 3 aliphatic rings. The zero-order valence-electron chi connectivity index (χ0n) is 23.3.